The molecule has 1 saturated heterocycles. The highest BCUT2D eigenvalue weighted by Crippen LogP contribution is 2.18. The number of aliphatic carboxylic acids is 1. The molecule has 1 aliphatic heterocycles. The average molecular weight is 289 g/mol. The van der Waals surface area contributed by atoms with Gasteiger partial charge in [-0.3, -0.25) is 4.79 Å². The van der Waals surface area contributed by atoms with Gasteiger partial charge in [0.2, 0.25) is 0 Å². The average Bonchev–Trinajstić information content (AvgIpc) is 2.38. The lowest BCUT2D eigenvalue weighted by Crippen LogP contribution is -2.47. The summed E-state index contributed by atoms with van der Waals surface area (Å²) in [6.45, 7) is 0.665. The van der Waals surface area contributed by atoms with Gasteiger partial charge in [-0.2, -0.15) is 18.0 Å². The van der Waals surface area contributed by atoms with Gasteiger partial charge in [0.05, 0.1) is 12.0 Å². The molecule has 7 nitrogen and oxygen atoms in total. The van der Waals surface area contributed by atoms with Crippen molar-refractivity contribution in [3.8, 4) is 6.07 Å². The van der Waals surface area contributed by atoms with Gasteiger partial charge in [-0.15, -0.1) is 0 Å². The first kappa shape index (κ1) is 15.9. The van der Waals surface area contributed by atoms with Crippen LogP contribution in [0.15, 0.2) is 0 Å². The van der Waals surface area contributed by atoms with E-state index in [9.17, 15) is 13.2 Å². The summed E-state index contributed by atoms with van der Waals surface area (Å²) in [6, 6.07) is 1.99. The fourth-order valence-electron chi connectivity index (χ4n) is 1.98. The summed E-state index contributed by atoms with van der Waals surface area (Å²) in [4.78, 5) is 10.9. The van der Waals surface area contributed by atoms with Gasteiger partial charge in [0.15, 0.2) is 0 Å². The zero-order valence-corrected chi connectivity index (χ0v) is 11.5. The van der Waals surface area contributed by atoms with E-state index in [1.165, 1.54) is 4.31 Å². The maximum absolute atomic E-state index is 11.9. The molecule has 0 aromatic rings. The first-order valence-corrected chi connectivity index (χ1v) is 7.76. The number of nitrogens with zero attached hydrogens (tertiary/aromatic N) is 2. The van der Waals surface area contributed by atoms with Crippen LogP contribution in [0.2, 0.25) is 0 Å². The van der Waals surface area contributed by atoms with Crippen molar-refractivity contribution in [3.05, 3.63) is 0 Å². The molecule has 0 aliphatic carbocycles. The molecule has 0 bridgehead atoms. The Bertz CT molecular complexity index is 443. The van der Waals surface area contributed by atoms with E-state index in [0.29, 0.717) is 38.6 Å². The molecule has 0 aromatic heterocycles. The van der Waals surface area contributed by atoms with Crippen LogP contribution in [0.1, 0.15) is 32.1 Å². The van der Waals surface area contributed by atoms with Gasteiger partial charge in [0, 0.05) is 26.1 Å². The Hall–Kier alpha value is -1.17. The number of hydrogen-bond donors (Lipinski definition) is 2. The van der Waals surface area contributed by atoms with Crippen LogP contribution in [0.3, 0.4) is 0 Å². The fraction of sp³-hybridized carbons (Fsp3) is 0.818. The van der Waals surface area contributed by atoms with Gasteiger partial charge in [-0.05, 0) is 25.7 Å². The monoisotopic (exact) mass is 289 g/mol. The molecule has 1 aliphatic rings. The highest BCUT2D eigenvalue weighted by molar-refractivity contribution is 7.87. The summed E-state index contributed by atoms with van der Waals surface area (Å²) in [5.41, 5.74) is 0. The molecule has 0 spiro atoms. The second kappa shape index (κ2) is 7.43. The highest BCUT2D eigenvalue weighted by Gasteiger charge is 2.31. The van der Waals surface area contributed by atoms with Crippen LogP contribution < -0.4 is 4.72 Å². The molecule has 1 unspecified atom stereocenters. The lowest BCUT2D eigenvalue weighted by atomic mass is 10.0. The summed E-state index contributed by atoms with van der Waals surface area (Å²) in [5.74, 6) is -1.57. The summed E-state index contributed by atoms with van der Waals surface area (Å²) in [5, 5.41) is 17.3. The topological polar surface area (TPSA) is 111 Å². The summed E-state index contributed by atoms with van der Waals surface area (Å²) >= 11 is 0. The number of piperidine rings is 1. The molecule has 0 saturated carbocycles. The first-order valence-electron chi connectivity index (χ1n) is 6.32. The Labute approximate surface area is 113 Å². The largest absolute Gasteiger partial charge is 0.481 e. The molecular weight excluding hydrogens is 270 g/mol. The van der Waals surface area contributed by atoms with Gasteiger partial charge >= 0.3 is 5.97 Å². The Morgan fingerprint density at radius 3 is 2.84 bits per heavy atom. The van der Waals surface area contributed by atoms with Crippen molar-refractivity contribution < 1.29 is 18.3 Å². The van der Waals surface area contributed by atoms with Crippen molar-refractivity contribution in [2.24, 2.45) is 5.92 Å². The number of carbonyl (C=O) groups is 1. The molecule has 0 radical (unpaired) electrons. The van der Waals surface area contributed by atoms with E-state index in [1.807, 2.05) is 6.07 Å². The molecule has 1 rings (SSSR count). The first-order chi connectivity index (χ1) is 8.97. The Morgan fingerprint density at radius 2 is 2.21 bits per heavy atom. The van der Waals surface area contributed by atoms with Gasteiger partial charge in [0.1, 0.15) is 0 Å². The fourth-order valence-corrected chi connectivity index (χ4v) is 3.31. The SMILES string of the molecule is N#CCCCCNS(=O)(=O)N1CCCC(C(=O)O)C1. The molecular formula is C11H19N3O4S. The maximum Gasteiger partial charge on any atom is 0.307 e. The minimum Gasteiger partial charge on any atom is -0.481 e. The molecule has 0 amide bonds. The lowest BCUT2D eigenvalue weighted by molar-refractivity contribution is -0.142. The zero-order chi connectivity index (χ0) is 14.3. The van der Waals surface area contributed by atoms with Crippen molar-refractivity contribution in [2.75, 3.05) is 19.6 Å². The van der Waals surface area contributed by atoms with Crippen molar-refractivity contribution in [3.63, 3.8) is 0 Å². The highest BCUT2D eigenvalue weighted by atomic mass is 32.2. The molecule has 19 heavy (non-hydrogen) atoms. The maximum atomic E-state index is 11.9. The molecule has 1 atom stereocenters. The number of carboxylic acids is 1. The van der Waals surface area contributed by atoms with E-state index in [-0.39, 0.29) is 13.1 Å². The van der Waals surface area contributed by atoms with Crippen LogP contribution in [0.4, 0.5) is 0 Å². The quantitative estimate of drug-likeness (QED) is 0.655. The third-order valence-electron chi connectivity index (χ3n) is 3.07. The van der Waals surface area contributed by atoms with E-state index < -0.39 is 22.1 Å². The number of nitrogens with one attached hydrogen (secondary N) is 1. The van der Waals surface area contributed by atoms with Crippen LogP contribution >= 0.6 is 0 Å². The van der Waals surface area contributed by atoms with E-state index in [0.717, 1.165) is 0 Å². The van der Waals surface area contributed by atoms with Crippen molar-refractivity contribution in [1.82, 2.24) is 9.03 Å². The van der Waals surface area contributed by atoms with E-state index >= 15 is 0 Å². The normalized spacial score (nSPS) is 20.9. The number of hydrogen-bond acceptors (Lipinski definition) is 4. The predicted molar refractivity (Wildman–Crippen MR) is 68.3 cm³/mol. The summed E-state index contributed by atoms with van der Waals surface area (Å²) in [6.07, 6.45) is 2.74. The van der Waals surface area contributed by atoms with Crippen molar-refractivity contribution >= 4 is 16.2 Å². The van der Waals surface area contributed by atoms with Crippen LogP contribution in [-0.4, -0.2) is 43.4 Å². The smallest absolute Gasteiger partial charge is 0.307 e. The summed E-state index contributed by atoms with van der Waals surface area (Å²) in [7, 11) is -3.60. The number of nitriles is 1. The second-order valence-electron chi connectivity index (χ2n) is 4.55. The molecule has 1 fully saturated rings. The van der Waals surface area contributed by atoms with E-state index in [1.54, 1.807) is 0 Å². The lowest BCUT2D eigenvalue weighted by Gasteiger charge is -2.29. The standard InChI is InChI=1S/C11H19N3O4S/c12-6-2-1-3-7-13-19(17,18)14-8-4-5-10(9-14)11(15)16/h10,13H,1-5,7-9H2,(H,15,16). The predicted octanol–water partition coefficient (Wildman–Crippen LogP) is 0.311. The molecule has 8 heteroatoms. The van der Waals surface area contributed by atoms with Gasteiger partial charge in [0.25, 0.3) is 10.2 Å². The Morgan fingerprint density at radius 1 is 1.47 bits per heavy atom. The Balaban J connectivity index is 2.43. The Kier molecular flexibility index (Phi) is 6.21. The van der Waals surface area contributed by atoms with Crippen LogP contribution in [0.25, 0.3) is 0 Å². The minimum atomic E-state index is -3.60. The van der Waals surface area contributed by atoms with E-state index in [4.69, 9.17) is 10.4 Å². The van der Waals surface area contributed by atoms with Crippen molar-refractivity contribution in [1.29, 1.82) is 5.26 Å². The molecule has 2 N–H and O–H groups in total. The third kappa shape index (κ3) is 5.14. The van der Waals surface area contributed by atoms with Crippen LogP contribution in [0, 0.1) is 17.2 Å². The summed E-state index contributed by atoms with van der Waals surface area (Å²) < 4.78 is 27.5. The molecule has 0 aromatic carbocycles. The van der Waals surface area contributed by atoms with Crippen LogP contribution in [0.5, 0.6) is 0 Å². The van der Waals surface area contributed by atoms with Crippen molar-refractivity contribution in [2.45, 2.75) is 32.1 Å². The van der Waals surface area contributed by atoms with Crippen LogP contribution in [-0.2, 0) is 15.0 Å². The minimum absolute atomic E-state index is 0.0306. The molecule has 1 heterocycles. The number of carboxylic acid groups (broad SMARTS) is 1. The number of rotatable bonds is 7. The van der Waals surface area contributed by atoms with Gasteiger partial charge in [-0.1, -0.05) is 0 Å². The van der Waals surface area contributed by atoms with Gasteiger partial charge in [-0.25, -0.2) is 4.72 Å². The second-order valence-corrected chi connectivity index (χ2v) is 6.31. The van der Waals surface area contributed by atoms with E-state index in [2.05, 4.69) is 4.72 Å². The molecule has 108 valence electrons. The number of unbranched alkanes of at least 4 members (excludes halogenated alkanes) is 2. The zero-order valence-electron chi connectivity index (χ0n) is 10.7. The third-order valence-corrected chi connectivity index (χ3v) is 4.65. The van der Waals surface area contributed by atoms with Gasteiger partial charge < -0.3 is 5.11 Å².